The number of fused-ring (bicyclic) bond motifs is 1. The predicted molar refractivity (Wildman–Crippen MR) is 122 cm³/mol. The Labute approximate surface area is 179 Å². The van der Waals surface area contributed by atoms with E-state index in [0.717, 1.165) is 32.9 Å². The Bertz CT molecular complexity index is 1260. The first-order chi connectivity index (χ1) is 14.5. The Morgan fingerprint density at radius 1 is 1.07 bits per heavy atom. The van der Waals surface area contributed by atoms with E-state index in [1.165, 1.54) is 27.8 Å². The minimum Gasteiger partial charge on any atom is -0.326 e. The van der Waals surface area contributed by atoms with Crippen LogP contribution >= 0.6 is 11.3 Å². The SMILES string of the molecule is Cc1sc2ncn(CCC(=O)Nc3ccccc3Cc3ccccc3)c(=O)c2c1C. The van der Waals surface area contributed by atoms with Gasteiger partial charge in [0.15, 0.2) is 0 Å². The van der Waals surface area contributed by atoms with Crippen LogP contribution in [0.1, 0.15) is 28.0 Å². The van der Waals surface area contributed by atoms with E-state index >= 15 is 0 Å². The van der Waals surface area contributed by atoms with Crippen LogP contribution < -0.4 is 10.9 Å². The molecule has 0 saturated carbocycles. The van der Waals surface area contributed by atoms with Crippen LogP contribution in [0.5, 0.6) is 0 Å². The Kier molecular flexibility index (Phi) is 5.77. The van der Waals surface area contributed by atoms with Gasteiger partial charge in [0.25, 0.3) is 5.56 Å². The predicted octanol–water partition coefficient (Wildman–Crippen LogP) is 4.69. The molecule has 0 unspecified atom stereocenters. The highest BCUT2D eigenvalue weighted by molar-refractivity contribution is 7.18. The van der Waals surface area contributed by atoms with Crippen molar-refractivity contribution in [3.05, 3.63) is 92.8 Å². The molecule has 1 N–H and O–H groups in total. The second kappa shape index (κ2) is 8.63. The van der Waals surface area contributed by atoms with Crippen molar-refractivity contribution in [2.75, 3.05) is 5.32 Å². The second-order valence-electron chi connectivity index (χ2n) is 7.32. The minimum atomic E-state index is -0.124. The van der Waals surface area contributed by atoms with Crippen LogP contribution in [0.3, 0.4) is 0 Å². The largest absolute Gasteiger partial charge is 0.326 e. The lowest BCUT2D eigenvalue weighted by atomic mass is 10.0. The lowest BCUT2D eigenvalue weighted by molar-refractivity contribution is -0.116. The number of aromatic nitrogens is 2. The second-order valence-corrected chi connectivity index (χ2v) is 8.53. The highest BCUT2D eigenvalue weighted by Gasteiger charge is 2.13. The van der Waals surface area contributed by atoms with Gasteiger partial charge in [0.2, 0.25) is 5.91 Å². The zero-order valence-corrected chi connectivity index (χ0v) is 17.8. The normalized spacial score (nSPS) is 11.0. The zero-order valence-electron chi connectivity index (χ0n) is 17.0. The molecule has 0 aliphatic rings. The van der Waals surface area contributed by atoms with Gasteiger partial charge in [-0.2, -0.15) is 0 Å². The maximum Gasteiger partial charge on any atom is 0.262 e. The van der Waals surface area contributed by atoms with Crippen LogP contribution in [0, 0.1) is 13.8 Å². The summed E-state index contributed by atoms with van der Waals surface area (Å²) >= 11 is 1.53. The summed E-state index contributed by atoms with van der Waals surface area (Å²) in [5.41, 5.74) is 3.94. The van der Waals surface area contributed by atoms with E-state index in [4.69, 9.17) is 0 Å². The Morgan fingerprint density at radius 2 is 1.80 bits per heavy atom. The summed E-state index contributed by atoms with van der Waals surface area (Å²) in [4.78, 5) is 31.6. The third kappa shape index (κ3) is 4.19. The molecule has 5 nitrogen and oxygen atoms in total. The average Bonchev–Trinajstić information content (AvgIpc) is 3.04. The number of benzene rings is 2. The maximum absolute atomic E-state index is 12.8. The summed E-state index contributed by atoms with van der Waals surface area (Å²) in [6.45, 7) is 4.23. The van der Waals surface area contributed by atoms with Crippen molar-refractivity contribution in [3.8, 4) is 0 Å². The van der Waals surface area contributed by atoms with Crippen molar-refractivity contribution in [2.45, 2.75) is 33.2 Å². The molecule has 0 saturated heterocycles. The van der Waals surface area contributed by atoms with E-state index in [0.29, 0.717) is 11.9 Å². The number of amides is 1. The van der Waals surface area contributed by atoms with Crippen LogP contribution in [0.2, 0.25) is 0 Å². The molecular weight excluding hydrogens is 394 g/mol. The molecule has 2 heterocycles. The molecule has 0 bridgehead atoms. The number of nitrogens with one attached hydrogen (secondary N) is 1. The number of hydrogen-bond donors (Lipinski definition) is 1. The molecule has 4 rings (SSSR count). The van der Waals surface area contributed by atoms with Crippen molar-refractivity contribution in [1.29, 1.82) is 0 Å². The molecule has 0 fully saturated rings. The number of para-hydroxylation sites is 1. The smallest absolute Gasteiger partial charge is 0.262 e. The number of thiophene rings is 1. The van der Waals surface area contributed by atoms with Gasteiger partial charge >= 0.3 is 0 Å². The number of nitrogens with zero attached hydrogens (tertiary/aromatic N) is 2. The third-order valence-corrected chi connectivity index (χ3v) is 6.38. The van der Waals surface area contributed by atoms with Gasteiger partial charge in [0.05, 0.1) is 11.7 Å². The standard InChI is InChI=1S/C24H23N3O2S/c1-16-17(2)30-23-22(16)24(29)27(15-25-23)13-12-21(28)26-20-11-7-6-10-19(20)14-18-8-4-3-5-9-18/h3-11,15H,12-14H2,1-2H3,(H,26,28). The maximum atomic E-state index is 12.8. The van der Waals surface area contributed by atoms with E-state index < -0.39 is 0 Å². The summed E-state index contributed by atoms with van der Waals surface area (Å²) in [7, 11) is 0. The van der Waals surface area contributed by atoms with Crippen molar-refractivity contribution in [3.63, 3.8) is 0 Å². The lowest BCUT2D eigenvalue weighted by Gasteiger charge is -2.12. The molecule has 1 amide bonds. The molecule has 0 atom stereocenters. The van der Waals surface area contributed by atoms with Crippen molar-refractivity contribution in [1.82, 2.24) is 9.55 Å². The highest BCUT2D eigenvalue weighted by Crippen LogP contribution is 2.25. The molecule has 152 valence electrons. The van der Waals surface area contributed by atoms with E-state index in [-0.39, 0.29) is 17.9 Å². The highest BCUT2D eigenvalue weighted by atomic mass is 32.1. The van der Waals surface area contributed by atoms with Crippen LogP contribution in [0.25, 0.3) is 10.2 Å². The number of rotatable bonds is 6. The molecule has 0 aliphatic carbocycles. The number of anilines is 1. The molecular formula is C24H23N3O2S. The molecule has 2 aromatic carbocycles. The van der Waals surface area contributed by atoms with Gasteiger partial charge in [0.1, 0.15) is 4.83 Å². The van der Waals surface area contributed by atoms with E-state index in [1.54, 1.807) is 0 Å². The van der Waals surface area contributed by atoms with E-state index in [2.05, 4.69) is 22.4 Å². The van der Waals surface area contributed by atoms with Gasteiger partial charge < -0.3 is 5.32 Å². The monoisotopic (exact) mass is 417 g/mol. The summed E-state index contributed by atoms with van der Waals surface area (Å²) < 4.78 is 1.52. The fourth-order valence-corrected chi connectivity index (χ4v) is 4.46. The fourth-order valence-electron chi connectivity index (χ4n) is 3.48. The van der Waals surface area contributed by atoms with E-state index in [1.807, 2.05) is 56.3 Å². The first kappa shape index (κ1) is 20.0. The van der Waals surface area contributed by atoms with Crippen LogP contribution in [-0.2, 0) is 17.8 Å². The first-order valence-corrected chi connectivity index (χ1v) is 10.7. The molecule has 0 radical (unpaired) electrons. The van der Waals surface area contributed by atoms with Crippen LogP contribution in [0.15, 0.2) is 65.7 Å². The van der Waals surface area contributed by atoms with Crippen molar-refractivity contribution < 1.29 is 4.79 Å². The Balaban J connectivity index is 1.46. The number of carbonyl (C=O) groups excluding carboxylic acids is 1. The molecule has 0 aliphatic heterocycles. The number of hydrogen-bond acceptors (Lipinski definition) is 4. The quantitative estimate of drug-likeness (QED) is 0.495. The van der Waals surface area contributed by atoms with Gasteiger partial charge in [-0.05, 0) is 43.0 Å². The Morgan fingerprint density at radius 3 is 2.60 bits per heavy atom. The van der Waals surface area contributed by atoms with Gasteiger partial charge in [-0.3, -0.25) is 14.2 Å². The molecule has 0 spiro atoms. The zero-order chi connectivity index (χ0) is 21.1. The van der Waals surface area contributed by atoms with Crippen LogP contribution in [-0.4, -0.2) is 15.5 Å². The molecule has 6 heteroatoms. The Hall–Kier alpha value is -3.25. The number of aryl methyl sites for hydroxylation is 3. The molecule has 30 heavy (non-hydrogen) atoms. The van der Waals surface area contributed by atoms with Gasteiger partial charge in [-0.1, -0.05) is 48.5 Å². The van der Waals surface area contributed by atoms with Gasteiger partial charge in [-0.15, -0.1) is 11.3 Å². The third-order valence-electron chi connectivity index (χ3n) is 5.26. The lowest BCUT2D eigenvalue weighted by Crippen LogP contribution is -2.23. The van der Waals surface area contributed by atoms with Crippen molar-refractivity contribution >= 4 is 33.1 Å². The fraction of sp³-hybridized carbons (Fsp3) is 0.208. The minimum absolute atomic E-state index is 0.0841. The average molecular weight is 418 g/mol. The van der Waals surface area contributed by atoms with Gasteiger partial charge in [0, 0.05) is 23.5 Å². The molecule has 4 aromatic rings. The van der Waals surface area contributed by atoms with Crippen molar-refractivity contribution in [2.24, 2.45) is 0 Å². The summed E-state index contributed by atoms with van der Waals surface area (Å²) in [5.74, 6) is -0.124. The van der Waals surface area contributed by atoms with E-state index in [9.17, 15) is 9.59 Å². The van der Waals surface area contributed by atoms with Crippen LogP contribution in [0.4, 0.5) is 5.69 Å². The first-order valence-electron chi connectivity index (χ1n) is 9.90. The summed E-state index contributed by atoms with van der Waals surface area (Å²) in [5, 5.41) is 3.66. The topological polar surface area (TPSA) is 64.0 Å². The summed E-state index contributed by atoms with van der Waals surface area (Å²) in [6.07, 6.45) is 2.49. The van der Waals surface area contributed by atoms with Gasteiger partial charge in [-0.25, -0.2) is 4.98 Å². The number of carbonyl (C=O) groups is 1. The molecule has 2 aromatic heterocycles. The summed E-state index contributed by atoms with van der Waals surface area (Å²) in [6, 6.07) is 18.0.